The normalized spacial score (nSPS) is 11.8. The summed E-state index contributed by atoms with van der Waals surface area (Å²) in [6.07, 6.45) is 1.57. The van der Waals surface area contributed by atoms with Crippen LogP contribution in [-0.2, 0) is 9.59 Å². The van der Waals surface area contributed by atoms with Crippen molar-refractivity contribution >= 4 is 57.7 Å². The van der Waals surface area contributed by atoms with E-state index in [1.807, 2.05) is 6.07 Å². The van der Waals surface area contributed by atoms with Gasteiger partial charge in [0.25, 0.3) is 11.8 Å². The molecule has 0 fully saturated rings. The first-order valence-corrected chi connectivity index (χ1v) is 15.9. The molecule has 0 spiro atoms. The molecule has 0 saturated heterocycles. The summed E-state index contributed by atoms with van der Waals surface area (Å²) in [6, 6.07) is 28.8. The Labute approximate surface area is 273 Å². The third kappa shape index (κ3) is 8.68. The van der Waals surface area contributed by atoms with Gasteiger partial charge in [0.1, 0.15) is 17.3 Å². The van der Waals surface area contributed by atoms with Crippen molar-refractivity contribution in [2.75, 3.05) is 17.7 Å². The molecule has 1 heterocycles. The maximum atomic E-state index is 13.5. The highest BCUT2D eigenvalue weighted by atomic mass is 32.2. The predicted molar refractivity (Wildman–Crippen MR) is 181 cm³/mol. The van der Waals surface area contributed by atoms with Gasteiger partial charge in [0.05, 0.1) is 18.1 Å². The Bertz CT molecular complexity index is 1880. The van der Waals surface area contributed by atoms with Crippen LogP contribution in [0, 0.1) is 5.82 Å². The number of amides is 3. The second-order valence-electron chi connectivity index (χ2n) is 9.93. The number of carbonyl (C=O) groups is 3. The zero-order chi connectivity index (χ0) is 32.5. The molecular weight excluding hydrogens is 624 g/mol. The van der Waals surface area contributed by atoms with E-state index in [-0.39, 0.29) is 17.4 Å². The second kappa shape index (κ2) is 15.2. The molecule has 0 aliphatic rings. The molecule has 3 amide bonds. The Hall–Kier alpha value is -5.26. The summed E-state index contributed by atoms with van der Waals surface area (Å²) in [5, 5.41) is 10.2. The minimum absolute atomic E-state index is 0.0383. The Kier molecular flexibility index (Phi) is 10.6. The lowest BCUT2D eigenvalue weighted by Gasteiger charge is -2.14. The lowest BCUT2D eigenvalue weighted by Crippen LogP contribution is -2.30. The molecule has 1 atom stereocenters. The van der Waals surface area contributed by atoms with Crippen LogP contribution in [0.1, 0.15) is 22.8 Å². The number of aromatic nitrogens is 1. The van der Waals surface area contributed by atoms with Crippen molar-refractivity contribution < 1.29 is 23.5 Å². The summed E-state index contributed by atoms with van der Waals surface area (Å²) in [4.78, 5) is 44.6. The van der Waals surface area contributed by atoms with Crippen LogP contribution in [0.15, 0.2) is 119 Å². The molecule has 3 N–H and O–H groups in total. The fourth-order valence-corrected chi connectivity index (χ4v) is 5.88. The molecule has 11 heteroatoms. The van der Waals surface area contributed by atoms with Gasteiger partial charge in [-0.3, -0.25) is 14.4 Å². The molecule has 5 aromatic rings. The van der Waals surface area contributed by atoms with Gasteiger partial charge in [0.15, 0.2) is 5.13 Å². The fourth-order valence-electron chi connectivity index (χ4n) is 4.24. The first kappa shape index (κ1) is 32.1. The number of nitrogens with zero attached hydrogens (tertiary/aromatic N) is 1. The molecule has 4 aromatic carbocycles. The number of hydrogen-bond acceptors (Lipinski definition) is 7. The lowest BCUT2D eigenvalue weighted by molar-refractivity contribution is -0.115. The first-order valence-electron chi connectivity index (χ1n) is 14.1. The van der Waals surface area contributed by atoms with Gasteiger partial charge in [-0.25, -0.2) is 9.37 Å². The number of thiazole rings is 1. The van der Waals surface area contributed by atoms with Crippen LogP contribution in [-0.4, -0.2) is 35.1 Å². The molecule has 1 unspecified atom stereocenters. The number of carbonyl (C=O) groups excluding carboxylic acids is 3. The maximum Gasteiger partial charge on any atom is 0.272 e. The SMILES string of the molecule is COc1cccc(/C=C(\NC(=O)c2ccccc2)C(=O)Nc2cccc(SC(C)C(=O)Nc3nc(-c4ccc(F)cc4)cs3)c2)c1. The first-order chi connectivity index (χ1) is 22.3. The highest BCUT2D eigenvalue weighted by Crippen LogP contribution is 2.29. The fraction of sp³-hybridized carbons (Fsp3) is 0.0857. The van der Waals surface area contributed by atoms with Crippen LogP contribution in [0.5, 0.6) is 5.75 Å². The van der Waals surface area contributed by atoms with Crippen molar-refractivity contribution in [2.45, 2.75) is 17.1 Å². The molecule has 0 aliphatic carbocycles. The van der Waals surface area contributed by atoms with Crippen molar-refractivity contribution in [1.29, 1.82) is 0 Å². The molecular formula is C35H29FN4O4S2. The quantitative estimate of drug-likeness (QED) is 0.101. The van der Waals surface area contributed by atoms with Gasteiger partial charge in [-0.15, -0.1) is 23.1 Å². The van der Waals surface area contributed by atoms with Gasteiger partial charge in [0, 0.05) is 27.1 Å². The topological polar surface area (TPSA) is 109 Å². The van der Waals surface area contributed by atoms with Crippen molar-refractivity contribution in [3.63, 3.8) is 0 Å². The van der Waals surface area contributed by atoms with Gasteiger partial charge in [-0.1, -0.05) is 36.4 Å². The number of benzene rings is 4. The molecule has 0 bridgehead atoms. The van der Waals surface area contributed by atoms with Gasteiger partial charge in [-0.2, -0.15) is 0 Å². The smallest absolute Gasteiger partial charge is 0.272 e. The summed E-state index contributed by atoms with van der Waals surface area (Å²) >= 11 is 2.60. The molecule has 1 aromatic heterocycles. The number of thioether (sulfide) groups is 1. The third-order valence-corrected chi connectivity index (χ3v) is 8.43. The average Bonchev–Trinajstić information content (AvgIpc) is 3.53. The standard InChI is InChI=1S/C35H29FN4O4S2/c1-22(32(41)40-35-39-31(21-45-35)24-14-16-26(36)17-15-24)46-29-13-7-11-27(20-29)37-34(43)30(19-23-8-6-12-28(18-23)44-2)38-33(42)25-9-4-3-5-10-25/h3-22H,1-2H3,(H,37,43)(H,38,42)(H,39,40,41)/b30-19-. The van der Waals surface area contributed by atoms with E-state index in [4.69, 9.17) is 4.74 Å². The molecule has 5 rings (SSSR count). The van der Waals surface area contributed by atoms with Crippen LogP contribution in [0.2, 0.25) is 0 Å². The van der Waals surface area contributed by atoms with Crippen LogP contribution >= 0.6 is 23.1 Å². The van der Waals surface area contributed by atoms with Crippen LogP contribution in [0.4, 0.5) is 15.2 Å². The Morgan fingerprint density at radius 3 is 2.43 bits per heavy atom. The Balaban J connectivity index is 1.26. The van der Waals surface area contributed by atoms with Crippen molar-refractivity contribution in [3.8, 4) is 17.0 Å². The van der Waals surface area contributed by atoms with Crippen LogP contribution in [0.25, 0.3) is 17.3 Å². The minimum Gasteiger partial charge on any atom is -0.497 e. The van der Waals surface area contributed by atoms with E-state index in [0.29, 0.717) is 33.4 Å². The van der Waals surface area contributed by atoms with E-state index in [1.54, 1.807) is 110 Å². The maximum absolute atomic E-state index is 13.5. The van der Waals surface area contributed by atoms with E-state index >= 15 is 0 Å². The summed E-state index contributed by atoms with van der Waals surface area (Å²) in [5.74, 6) is -0.928. The molecule has 232 valence electrons. The zero-order valence-corrected chi connectivity index (χ0v) is 26.5. The number of methoxy groups -OCH3 is 1. The number of anilines is 2. The monoisotopic (exact) mass is 652 g/mol. The van der Waals surface area contributed by atoms with E-state index in [9.17, 15) is 18.8 Å². The predicted octanol–water partition coefficient (Wildman–Crippen LogP) is 7.49. The van der Waals surface area contributed by atoms with Gasteiger partial charge >= 0.3 is 0 Å². The number of ether oxygens (including phenoxy) is 1. The van der Waals surface area contributed by atoms with E-state index < -0.39 is 17.1 Å². The minimum atomic E-state index is -0.527. The highest BCUT2D eigenvalue weighted by Gasteiger charge is 2.18. The van der Waals surface area contributed by atoms with E-state index in [0.717, 1.165) is 10.5 Å². The third-order valence-electron chi connectivity index (χ3n) is 6.58. The van der Waals surface area contributed by atoms with Gasteiger partial charge in [-0.05, 0) is 85.3 Å². The molecule has 46 heavy (non-hydrogen) atoms. The summed E-state index contributed by atoms with van der Waals surface area (Å²) in [7, 11) is 1.55. The van der Waals surface area contributed by atoms with Crippen molar-refractivity contribution in [2.24, 2.45) is 0 Å². The summed E-state index contributed by atoms with van der Waals surface area (Å²) < 4.78 is 18.6. The van der Waals surface area contributed by atoms with E-state index in [2.05, 4.69) is 20.9 Å². The second-order valence-corrected chi connectivity index (χ2v) is 12.2. The van der Waals surface area contributed by atoms with Crippen molar-refractivity contribution in [3.05, 3.63) is 131 Å². The van der Waals surface area contributed by atoms with Crippen molar-refractivity contribution in [1.82, 2.24) is 10.3 Å². The summed E-state index contributed by atoms with van der Waals surface area (Å²) in [6.45, 7) is 1.77. The van der Waals surface area contributed by atoms with Crippen LogP contribution in [0.3, 0.4) is 0 Å². The zero-order valence-electron chi connectivity index (χ0n) is 24.8. The molecule has 8 nitrogen and oxygen atoms in total. The average molecular weight is 653 g/mol. The molecule has 0 aliphatic heterocycles. The summed E-state index contributed by atoms with van der Waals surface area (Å²) in [5.41, 5.74) is 2.98. The Morgan fingerprint density at radius 2 is 1.67 bits per heavy atom. The lowest BCUT2D eigenvalue weighted by atomic mass is 10.1. The van der Waals surface area contributed by atoms with Crippen LogP contribution < -0.4 is 20.7 Å². The van der Waals surface area contributed by atoms with Gasteiger partial charge in [0.2, 0.25) is 5.91 Å². The Morgan fingerprint density at radius 1 is 0.913 bits per heavy atom. The number of halogens is 1. The highest BCUT2D eigenvalue weighted by molar-refractivity contribution is 8.00. The van der Waals surface area contributed by atoms with Gasteiger partial charge < -0.3 is 20.7 Å². The number of nitrogens with one attached hydrogen (secondary N) is 3. The number of rotatable bonds is 11. The number of hydrogen-bond donors (Lipinski definition) is 3. The largest absolute Gasteiger partial charge is 0.497 e. The molecule has 0 saturated carbocycles. The molecule has 0 radical (unpaired) electrons. The van der Waals surface area contributed by atoms with E-state index in [1.165, 1.54) is 35.2 Å².